The second kappa shape index (κ2) is 6.32. The van der Waals surface area contributed by atoms with E-state index in [0.29, 0.717) is 18.9 Å². The molecule has 2 aliphatic rings. The van der Waals surface area contributed by atoms with Crippen LogP contribution in [0.2, 0.25) is 0 Å². The highest BCUT2D eigenvalue weighted by molar-refractivity contribution is 5.87. The molecule has 5 nitrogen and oxygen atoms in total. The lowest BCUT2D eigenvalue weighted by atomic mass is 9.85. The summed E-state index contributed by atoms with van der Waals surface area (Å²) in [7, 11) is 0. The number of nitrogens with zero attached hydrogens (tertiary/aromatic N) is 1. The predicted molar refractivity (Wildman–Crippen MR) is 85.4 cm³/mol. The van der Waals surface area contributed by atoms with Crippen molar-refractivity contribution in [1.82, 2.24) is 4.90 Å². The zero-order chi connectivity index (χ0) is 16.4. The third kappa shape index (κ3) is 3.55. The third-order valence-corrected chi connectivity index (χ3v) is 5.01. The lowest BCUT2D eigenvalue weighted by Gasteiger charge is -2.22. The SMILES string of the molecule is C[C@@H]1C[C@@]2(CCN(C(=O)CCc3ccc(C(=O)O)cc3)C2)CO1. The van der Waals surface area contributed by atoms with Crippen molar-refractivity contribution in [3.05, 3.63) is 35.4 Å². The van der Waals surface area contributed by atoms with Crippen LogP contribution in [0, 0.1) is 5.41 Å². The molecule has 0 bridgehead atoms. The minimum absolute atomic E-state index is 0.179. The second-order valence-electron chi connectivity index (χ2n) is 6.89. The van der Waals surface area contributed by atoms with E-state index in [2.05, 4.69) is 6.92 Å². The molecule has 2 aliphatic heterocycles. The molecule has 2 atom stereocenters. The number of hydrogen-bond donors (Lipinski definition) is 1. The van der Waals surface area contributed by atoms with Crippen LogP contribution >= 0.6 is 0 Å². The first kappa shape index (κ1) is 16.0. The largest absolute Gasteiger partial charge is 0.478 e. The number of carboxylic acid groups (broad SMARTS) is 1. The molecular formula is C18H23NO4. The molecule has 3 rings (SSSR count). The molecule has 2 heterocycles. The molecule has 124 valence electrons. The molecule has 0 unspecified atom stereocenters. The Bertz CT molecular complexity index is 598. The summed E-state index contributed by atoms with van der Waals surface area (Å²) in [5, 5.41) is 8.89. The maximum Gasteiger partial charge on any atom is 0.335 e. The molecule has 1 aromatic carbocycles. The monoisotopic (exact) mass is 317 g/mol. The van der Waals surface area contributed by atoms with E-state index in [1.54, 1.807) is 24.3 Å². The van der Waals surface area contributed by atoms with Crippen LogP contribution in [0.4, 0.5) is 0 Å². The van der Waals surface area contributed by atoms with E-state index < -0.39 is 5.97 Å². The van der Waals surface area contributed by atoms with Crippen LogP contribution in [-0.2, 0) is 16.0 Å². The second-order valence-corrected chi connectivity index (χ2v) is 6.89. The maximum atomic E-state index is 12.4. The summed E-state index contributed by atoms with van der Waals surface area (Å²) in [6, 6.07) is 6.75. The normalized spacial score (nSPS) is 26.8. The summed E-state index contributed by atoms with van der Waals surface area (Å²) in [5.41, 5.74) is 1.45. The van der Waals surface area contributed by atoms with Gasteiger partial charge in [-0.1, -0.05) is 12.1 Å². The van der Waals surface area contributed by atoms with E-state index in [1.807, 2.05) is 4.90 Å². The van der Waals surface area contributed by atoms with Gasteiger partial charge < -0.3 is 14.7 Å². The highest BCUT2D eigenvalue weighted by Crippen LogP contribution is 2.41. The summed E-state index contributed by atoms with van der Waals surface area (Å²) in [6.45, 7) is 4.51. The van der Waals surface area contributed by atoms with Gasteiger partial charge in [0.05, 0.1) is 18.3 Å². The molecule has 0 aliphatic carbocycles. The lowest BCUT2D eigenvalue weighted by molar-refractivity contribution is -0.130. The van der Waals surface area contributed by atoms with Crippen LogP contribution in [0.5, 0.6) is 0 Å². The van der Waals surface area contributed by atoms with Crippen molar-refractivity contribution in [2.45, 2.75) is 38.7 Å². The first-order chi connectivity index (χ1) is 11.0. The Labute approximate surface area is 136 Å². The van der Waals surface area contributed by atoms with Gasteiger partial charge in [0.25, 0.3) is 0 Å². The number of hydrogen-bond acceptors (Lipinski definition) is 3. The van der Waals surface area contributed by atoms with Crippen molar-refractivity contribution in [2.24, 2.45) is 5.41 Å². The Hall–Kier alpha value is -1.88. The van der Waals surface area contributed by atoms with Gasteiger partial charge in [-0.15, -0.1) is 0 Å². The number of carbonyl (C=O) groups excluding carboxylic acids is 1. The number of likely N-dealkylation sites (tertiary alicyclic amines) is 1. The van der Waals surface area contributed by atoms with E-state index in [0.717, 1.165) is 38.1 Å². The lowest BCUT2D eigenvalue weighted by Crippen LogP contribution is -2.32. The molecule has 2 fully saturated rings. The van der Waals surface area contributed by atoms with Gasteiger partial charge in [0, 0.05) is 24.9 Å². The number of benzene rings is 1. The Morgan fingerprint density at radius 1 is 1.35 bits per heavy atom. The molecule has 23 heavy (non-hydrogen) atoms. The molecule has 2 saturated heterocycles. The van der Waals surface area contributed by atoms with Crippen molar-refractivity contribution < 1.29 is 19.4 Å². The van der Waals surface area contributed by atoms with Gasteiger partial charge in [-0.25, -0.2) is 4.79 Å². The number of carboxylic acids is 1. The number of ether oxygens (including phenoxy) is 1. The topological polar surface area (TPSA) is 66.8 Å². The fraction of sp³-hybridized carbons (Fsp3) is 0.556. The van der Waals surface area contributed by atoms with E-state index in [-0.39, 0.29) is 16.9 Å². The van der Waals surface area contributed by atoms with Crippen LogP contribution in [0.15, 0.2) is 24.3 Å². The molecule has 1 aromatic rings. The van der Waals surface area contributed by atoms with Gasteiger partial charge in [-0.3, -0.25) is 4.79 Å². The fourth-order valence-corrected chi connectivity index (χ4v) is 3.70. The number of aryl methyl sites for hydroxylation is 1. The van der Waals surface area contributed by atoms with Crippen molar-refractivity contribution >= 4 is 11.9 Å². The number of amides is 1. The minimum atomic E-state index is -0.928. The maximum absolute atomic E-state index is 12.4. The molecule has 0 radical (unpaired) electrons. The highest BCUT2D eigenvalue weighted by Gasteiger charge is 2.44. The Morgan fingerprint density at radius 2 is 2.09 bits per heavy atom. The van der Waals surface area contributed by atoms with Crippen LogP contribution in [0.1, 0.15) is 42.1 Å². The number of rotatable bonds is 4. The van der Waals surface area contributed by atoms with Gasteiger partial charge in [0.1, 0.15) is 0 Å². The van der Waals surface area contributed by atoms with Gasteiger partial charge in [-0.05, 0) is 43.9 Å². The molecule has 5 heteroatoms. The van der Waals surface area contributed by atoms with Gasteiger partial charge in [0.2, 0.25) is 5.91 Å². The van der Waals surface area contributed by atoms with Crippen molar-refractivity contribution in [1.29, 1.82) is 0 Å². The first-order valence-corrected chi connectivity index (χ1v) is 8.19. The Morgan fingerprint density at radius 3 is 2.70 bits per heavy atom. The molecule has 0 aromatic heterocycles. The predicted octanol–water partition coefficient (Wildman–Crippen LogP) is 2.34. The summed E-state index contributed by atoms with van der Waals surface area (Å²) >= 11 is 0. The molecule has 1 amide bonds. The van der Waals surface area contributed by atoms with Gasteiger partial charge >= 0.3 is 5.97 Å². The van der Waals surface area contributed by atoms with Gasteiger partial charge in [-0.2, -0.15) is 0 Å². The van der Waals surface area contributed by atoms with Crippen molar-refractivity contribution in [3.8, 4) is 0 Å². The summed E-state index contributed by atoms with van der Waals surface area (Å²) in [4.78, 5) is 25.2. The standard InChI is InChI=1S/C18H23NO4/c1-13-10-18(12-23-13)8-9-19(11-18)16(20)7-4-14-2-5-15(6-3-14)17(21)22/h2-3,5-6,13H,4,7-12H2,1H3,(H,21,22)/t13-,18-/m1/s1. The Balaban J connectivity index is 1.51. The number of aromatic carboxylic acids is 1. The molecular weight excluding hydrogens is 294 g/mol. The zero-order valence-electron chi connectivity index (χ0n) is 13.5. The van der Waals surface area contributed by atoms with Gasteiger partial charge in [0.15, 0.2) is 0 Å². The van der Waals surface area contributed by atoms with Crippen LogP contribution in [0.3, 0.4) is 0 Å². The molecule has 0 saturated carbocycles. The van der Waals surface area contributed by atoms with Crippen molar-refractivity contribution in [2.75, 3.05) is 19.7 Å². The van der Waals surface area contributed by atoms with E-state index >= 15 is 0 Å². The molecule has 1 spiro atoms. The third-order valence-electron chi connectivity index (χ3n) is 5.01. The first-order valence-electron chi connectivity index (χ1n) is 8.19. The van der Waals surface area contributed by atoms with Crippen molar-refractivity contribution in [3.63, 3.8) is 0 Å². The minimum Gasteiger partial charge on any atom is -0.478 e. The van der Waals surface area contributed by atoms with E-state index in [9.17, 15) is 9.59 Å². The Kier molecular flexibility index (Phi) is 4.39. The van der Waals surface area contributed by atoms with Crippen LogP contribution in [0.25, 0.3) is 0 Å². The smallest absolute Gasteiger partial charge is 0.335 e. The highest BCUT2D eigenvalue weighted by atomic mass is 16.5. The summed E-state index contributed by atoms with van der Waals surface area (Å²) < 4.78 is 5.69. The van der Waals surface area contributed by atoms with Crippen LogP contribution in [-0.4, -0.2) is 47.7 Å². The van der Waals surface area contributed by atoms with Crippen LogP contribution < -0.4 is 0 Å². The van der Waals surface area contributed by atoms with E-state index in [1.165, 1.54) is 0 Å². The average Bonchev–Trinajstić information content (AvgIpc) is 3.12. The van der Waals surface area contributed by atoms with E-state index in [4.69, 9.17) is 9.84 Å². The number of carbonyl (C=O) groups is 2. The summed E-state index contributed by atoms with van der Waals surface area (Å²) in [5.74, 6) is -0.744. The zero-order valence-corrected chi connectivity index (χ0v) is 13.5. The fourth-order valence-electron chi connectivity index (χ4n) is 3.70. The summed E-state index contributed by atoms with van der Waals surface area (Å²) in [6.07, 6.45) is 3.51. The average molecular weight is 317 g/mol. The quantitative estimate of drug-likeness (QED) is 0.925. The molecule has 1 N–H and O–H groups in total.